The van der Waals surface area contributed by atoms with Crippen molar-refractivity contribution in [2.24, 2.45) is 11.3 Å². The third-order valence-corrected chi connectivity index (χ3v) is 8.54. The Morgan fingerprint density at radius 2 is 1.79 bits per heavy atom. The highest BCUT2D eigenvalue weighted by Crippen LogP contribution is 2.60. The van der Waals surface area contributed by atoms with Gasteiger partial charge in [-0.15, -0.1) is 0 Å². The number of carbonyl (C=O) groups is 2. The maximum atomic E-state index is 13.9. The van der Waals surface area contributed by atoms with Crippen molar-refractivity contribution in [2.45, 2.75) is 45.7 Å². The number of ketones is 2. The lowest BCUT2D eigenvalue weighted by Crippen LogP contribution is -2.54. The van der Waals surface area contributed by atoms with Gasteiger partial charge in [0.25, 0.3) is 0 Å². The van der Waals surface area contributed by atoms with E-state index in [1.807, 2.05) is 26.0 Å². The van der Waals surface area contributed by atoms with E-state index >= 15 is 0 Å². The predicted molar refractivity (Wildman–Crippen MR) is 143 cm³/mol. The van der Waals surface area contributed by atoms with Crippen molar-refractivity contribution in [1.82, 2.24) is 13.9 Å². The highest BCUT2D eigenvalue weighted by Gasteiger charge is 2.59. The number of benzene rings is 2. The maximum Gasteiger partial charge on any atom is 0.352 e. The molecule has 0 unspecified atom stereocenters. The molecule has 0 radical (unpaired) electrons. The molecule has 200 valence electrons. The van der Waals surface area contributed by atoms with Crippen LogP contribution in [0, 0.1) is 11.3 Å². The fraction of sp³-hybridized carbons (Fsp3) is 0.333. The molecule has 2 heterocycles. The average Bonchev–Trinajstić information content (AvgIpc) is 3.18. The van der Waals surface area contributed by atoms with Gasteiger partial charge in [0, 0.05) is 11.8 Å². The first-order valence-electron chi connectivity index (χ1n) is 13.1. The first-order chi connectivity index (χ1) is 18.7. The number of fused-ring (bicyclic) bond motifs is 4. The maximum absolute atomic E-state index is 13.9. The molecule has 1 aromatic heterocycles. The van der Waals surface area contributed by atoms with Gasteiger partial charge in [-0.1, -0.05) is 37.3 Å². The van der Waals surface area contributed by atoms with Crippen LogP contribution < -0.4 is 16.1 Å². The number of hydrogen-bond donors (Lipinski definition) is 1. The summed E-state index contributed by atoms with van der Waals surface area (Å²) in [6, 6.07) is 13.1. The molecular weight excluding hydrogens is 498 g/mol. The average molecular weight is 528 g/mol. The van der Waals surface area contributed by atoms with Crippen LogP contribution >= 0.6 is 0 Å². The Morgan fingerprint density at radius 3 is 2.51 bits per heavy atom. The van der Waals surface area contributed by atoms with Crippen LogP contribution in [0.1, 0.15) is 44.7 Å². The number of aromatic hydroxyl groups is 1. The third kappa shape index (κ3) is 3.45. The lowest BCUT2D eigenvalue weighted by molar-refractivity contribution is -0.139. The molecule has 0 spiro atoms. The molecule has 2 aliphatic carbocycles. The van der Waals surface area contributed by atoms with E-state index in [1.54, 1.807) is 43.3 Å². The minimum absolute atomic E-state index is 0.0283. The van der Waals surface area contributed by atoms with Gasteiger partial charge in [0.1, 0.15) is 0 Å². The number of nitrogens with zero attached hydrogens (tertiary/aromatic N) is 3. The zero-order valence-electron chi connectivity index (χ0n) is 22.0. The molecule has 1 saturated carbocycles. The van der Waals surface area contributed by atoms with E-state index in [0.717, 1.165) is 10.1 Å². The zero-order valence-corrected chi connectivity index (χ0v) is 22.0. The number of phenols is 1. The van der Waals surface area contributed by atoms with Crippen LogP contribution in [-0.2, 0) is 16.1 Å². The van der Waals surface area contributed by atoms with Crippen molar-refractivity contribution in [3.63, 3.8) is 0 Å². The highest BCUT2D eigenvalue weighted by atomic mass is 16.5. The number of aromatic nitrogens is 3. The van der Waals surface area contributed by atoms with E-state index < -0.39 is 34.7 Å². The molecule has 6 rings (SSSR count). The fourth-order valence-electron chi connectivity index (χ4n) is 6.82. The van der Waals surface area contributed by atoms with Gasteiger partial charge < -0.3 is 9.84 Å². The molecule has 2 aromatic carbocycles. The summed E-state index contributed by atoms with van der Waals surface area (Å²) in [5, 5.41) is 10.4. The summed E-state index contributed by atoms with van der Waals surface area (Å²) in [5.41, 5.74) is 0.275. The monoisotopic (exact) mass is 527 g/mol. The molecule has 1 N–H and O–H groups in total. The van der Waals surface area contributed by atoms with E-state index in [9.17, 15) is 24.3 Å². The lowest BCUT2D eigenvalue weighted by Gasteiger charge is -2.52. The number of rotatable bonds is 4. The first-order valence-corrected chi connectivity index (χ1v) is 13.1. The van der Waals surface area contributed by atoms with Crippen molar-refractivity contribution in [2.75, 3.05) is 6.61 Å². The van der Waals surface area contributed by atoms with Crippen LogP contribution in [0.15, 0.2) is 81.4 Å². The van der Waals surface area contributed by atoms with Gasteiger partial charge in [0.05, 0.1) is 30.3 Å². The summed E-state index contributed by atoms with van der Waals surface area (Å²) in [4.78, 5) is 54.6. The van der Waals surface area contributed by atoms with Gasteiger partial charge in [0.15, 0.2) is 23.1 Å². The number of phenolic OH excluding ortho intramolecular Hbond substituents is 1. The Bertz CT molecular complexity index is 1710. The summed E-state index contributed by atoms with van der Waals surface area (Å²) in [5.74, 6) is -1.34. The van der Waals surface area contributed by atoms with E-state index in [0.29, 0.717) is 23.4 Å². The molecule has 0 bridgehead atoms. The number of hydrogen-bond acceptors (Lipinski definition) is 6. The number of carbonyl (C=O) groups excluding carboxylic acids is 2. The predicted octanol–water partition coefficient (Wildman–Crippen LogP) is 3.29. The van der Waals surface area contributed by atoms with Gasteiger partial charge in [-0.2, -0.15) is 0 Å². The summed E-state index contributed by atoms with van der Waals surface area (Å²) >= 11 is 0. The largest absolute Gasteiger partial charge is 0.504 e. The SMILES string of the molecule is CCOc1cc([C@H]2C3=CCn4c(=O)n(-c5ccccc5)c(=O)n4[C@@H]3C[C@H]3C(=O)C=C(C)C(=O)[C@@]23C)ccc1O. The van der Waals surface area contributed by atoms with Gasteiger partial charge in [-0.3, -0.25) is 9.59 Å². The number of Topliss-reactive ketones (excluding diaryl/α,β-unsaturated/α-hetero) is 1. The van der Waals surface area contributed by atoms with E-state index in [1.165, 1.54) is 21.5 Å². The second-order valence-corrected chi connectivity index (χ2v) is 10.6. The summed E-state index contributed by atoms with van der Waals surface area (Å²) in [6.07, 6.45) is 3.52. The van der Waals surface area contributed by atoms with Crippen molar-refractivity contribution >= 4 is 11.6 Å². The van der Waals surface area contributed by atoms with Crippen LogP contribution in [-0.4, -0.2) is 37.2 Å². The van der Waals surface area contributed by atoms with Gasteiger partial charge >= 0.3 is 11.4 Å². The Hall–Kier alpha value is -4.40. The molecule has 9 nitrogen and oxygen atoms in total. The number of para-hydroxylation sites is 1. The summed E-state index contributed by atoms with van der Waals surface area (Å²) in [6.45, 7) is 5.77. The molecule has 4 atom stereocenters. The third-order valence-electron chi connectivity index (χ3n) is 8.54. The van der Waals surface area contributed by atoms with E-state index in [-0.39, 0.29) is 36.0 Å². The fourth-order valence-corrected chi connectivity index (χ4v) is 6.82. The molecule has 39 heavy (non-hydrogen) atoms. The van der Waals surface area contributed by atoms with Crippen molar-refractivity contribution in [3.05, 3.63) is 98.4 Å². The standard InChI is InChI=1S/C30H29N3O6/c1-4-39-25-15-18(10-11-23(25)34)26-20-12-13-31-28(37)32(19-8-6-5-7-9-19)29(38)33(31)22(20)16-21-24(35)14-17(2)27(36)30(21,26)3/h5-12,14-15,21-22,26,34H,4,13,16H2,1-3H3/t21-,22+,26-,30+/m0/s1. The highest BCUT2D eigenvalue weighted by molar-refractivity contribution is 6.13. The van der Waals surface area contributed by atoms with Crippen molar-refractivity contribution < 1.29 is 19.4 Å². The Morgan fingerprint density at radius 1 is 1.05 bits per heavy atom. The minimum atomic E-state index is -1.12. The van der Waals surface area contributed by atoms with Crippen LogP contribution in [0.2, 0.25) is 0 Å². The van der Waals surface area contributed by atoms with Crippen LogP contribution in [0.4, 0.5) is 0 Å². The minimum Gasteiger partial charge on any atom is -0.504 e. The smallest absolute Gasteiger partial charge is 0.352 e. The topological polar surface area (TPSA) is 113 Å². The number of ether oxygens (including phenoxy) is 1. The van der Waals surface area contributed by atoms with E-state index in [2.05, 4.69) is 0 Å². The summed E-state index contributed by atoms with van der Waals surface area (Å²) in [7, 11) is 0. The van der Waals surface area contributed by atoms with Crippen LogP contribution in [0.25, 0.3) is 5.69 Å². The van der Waals surface area contributed by atoms with Crippen molar-refractivity contribution in [1.29, 1.82) is 0 Å². The summed E-state index contributed by atoms with van der Waals surface area (Å²) < 4.78 is 9.65. The lowest BCUT2D eigenvalue weighted by atomic mass is 9.51. The number of allylic oxidation sites excluding steroid dienone is 4. The van der Waals surface area contributed by atoms with Crippen LogP contribution in [0.5, 0.6) is 11.5 Å². The van der Waals surface area contributed by atoms with E-state index in [4.69, 9.17) is 4.74 Å². The Kier molecular flexibility index (Phi) is 5.64. The first kappa shape index (κ1) is 24.9. The molecule has 0 saturated heterocycles. The molecule has 9 heteroatoms. The molecule has 3 aromatic rings. The van der Waals surface area contributed by atoms with Gasteiger partial charge in [-0.05, 0) is 67.3 Å². The molecule has 0 amide bonds. The Labute approximate surface area is 224 Å². The normalized spacial score (nSPS) is 25.8. The van der Waals surface area contributed by atoms with Gasteiger partial charge in [-0.25, -0.2) is 23.5 Å². The van der Waals surface area contributed by atoms with Crippen LogP contribution in [0.3, 0.4) is 0 Å². The second kappa shape index (κ2) is 8.83. The second-order valence-electron chi connectivity index (χ2n) is 10.6. The van der Waals surface area contributed by atoms with Gasteiger partial charge in [0.2, 0.25) is 0 Å². The molecule has 1 aliphatic heterocycles. The molecular formula is C30H29N3O6. The Balaban J connectivity index is 1.59. The molecule has 3 aliphatic rings. The quantitative estimate of drug-likeness (QED) is 0.521. The molecule has 1 fully saturated rings. The van der Waals surface area contributed by atoms with Crippen molar-refractivity contribution in [3.8, 4) is 17.2 Å². The zero-order chi connectivity index (χ0) is 27.6.